The predicted molar refractivity (Wildman–Crippen MR) is 200 cm³/mol. The number of nitrogens with one attached hydrogen (secondary N) is 2. The fourth-order valence-corrected chi connectivity index (χ4v) is 6.98. The maximum Gasteiger partial charge on any atom is 0.326 e. The van der Waals surface area contributed by atoms with Crippen molar-refractivity contribution in [2.75, 3.05) is 6.67 Å². The van der Waals surface area contributed by atoms with Gasteiger partial charge in [0.15, 0.2) is 0 Å². The number of phenolic OH excluding ortho intramolecular Hbond substituents is 2. The molecule has 280 valence electrons. The van der Waals surface area contributed by atoms with E-state index in [0.717, 1.165) is 43.2 Å². The van der Waals surface area contributed by atoms with E-state index in [1.807, 2.05) is 107 Å². The average molecular weight is 705 g/mol. The topological polar surface area (TPSA) is 139 Å². The van der Waals surface area contributed by atoms with Crippen LogP contribution in [0.1, 0.15) is 143 Å². The standard InChI is InChI=1S/C41H60N4O6/c1-36(2,3)26-19-24(20-27(30(26)46)37(4,5)6)15-17-40(13)32(48)44(34(50)42-40)23-45-33(49)41(14,43-35(45)51)18-16-25-21-28(38(7,8)9)31(47)29(22-25)39(10,11)12/h19-22,46-47H,15-18,23H2,1-14H3,(H,42,50)(H,43,51). The average Bonchev–Trinajstić information content (AvgIpc) is 3.31. The Kier molecular flexibility index (Phi) is 10.0. The molecule has 0 bridgehead atoms. The molecule has 2 heterocycles. The number of phenols is 2. The molecular formula is C41H60N4O6. The first-order valence-electron chi connectivity index (χ1n) is 18.0. The molecule has 4 rings (SSSR count). The Morgan fingerprint density at radius 2 is 0.784 bits per heavy atom. The third-order valence-corrected chi connectivity index (χ3v) is 10.4. The van der Waals surface area contributed by atoms with Gasteiger partial charge in [0.1, 0.15) is 29.2 Å². The van der Waals surface area contributed by atoms with Crippen molar-refractivity contribution in [3.05, 3.63) is 57.6 Å². The molecule has 6 amide bonds. The van der Waals surface area contributed by atoms with E-state index in [-0.39, 0.29) is 46.0 Å². The summed E-state index contributed by atoms with van der Waals surface area (Å²) in [4.78, 5) is 55.9. The number of aryl methyl sites for hydroxylation is 2. The lowest BCUT2D eigenvalue weighted by Crippen LogP contribution is -2.48. The lowest BCUT2D eigenvalue weighted by atomic mass is 9.77. The SMILES string of the molecule is CC1(CCc2cc(C(C)(C)C)c(O)c(C(C)(C)C)c2)NC(=O)N(CN2C(=O)NC(C)(CCc3cc(C(C)(C)C)c(O)c(C(C)(C)C)c3)C2=O)C1=O. The van der Waals surface area contributed by atoms with Gasteiger partial charge in [0.2, 0.25) is 0 Å². The molecule has 0 saturated carbocycles. The third-order valence-electron chi connectivity index (χ3n) is 10.4. The van der Waals surface area contributed by atoms with Crippen molar-refractivity contribution in [2.24, 2.45) is 0 Å². The number of carbonyl (C=O) groups is 4. The summed E-state index contributed by atoms with van der Waals surface area (Å²) in [6.45, 7) is 27.3. The highest BCUT2D eigenvalue weighted by Gasteiger charge is 2.53. The summed E-state index contributed by atoms with van der Waals surface area (Å²) in [6.07, 6.45) is 1.47. The van der Waals surface area contributed by atoms with Crippen LogP contribution in [0.2, 0.25) is 0 Å². The Morgan fingerprint density at radius 3 is 1.02 bits per heavy atom. The molecule has 2 aromatic rings. The molecule has 0 aliphatic carbocycles. The van der Waals surface area contributed by atoms with E-state index in [2.05, 4.69) is 10.6 Å². The zero-order valence-electron chi connectivity index (χ0n) is 33.3. The van der Waals surface area contributed by atoms with Gasteiger partial charge < -0.3 is 20.8 Å². The molecule has 2 saturated heterocycles. The number of carbonyl (C=O) groups excluding carboxylic acids is 4. The van der Waals surface area contributed by atoms with Crippen LogP contribution in [0.25, 0.3) is 0 Å². The van der Waals surface area contributed by atoms with E-state index >= 15 is 0 Å². The molecule has 0 spiro atoms. The highest BCUT2D eigenvalue weighted by molar-refractivity contribution is 6.10. The largest absolute Gasteiger partial charge is 0.507 e. The fourth-order valence-electron chi connectivity index (χ4n) is 6.98. The van der Waals surface area contributed by atoms with Crippen LogP contribution in [0.3, 0.4) is 0 Å². The smallest absolute Gasteiger partial charge is 0.326 e. The van der Waals surface area contributed by atoms with Crippen LogP contribution in [-0.2, 0) is 44.1 Å². The minimum absolute atomic E-state index is 0.273. The lowest BCUT2D eigenvalue weighted by Gasteiger charge is -2.29. The Hall–Kier alpha value is -4.08. The first kappa shape index (κ1) is 39.7. The van der Waals surface area contributed by atoms with Crippen molar-refractivity contribution < 1.29 is 29.4 Å². The van der Waals surface area contributed by atoms with Crippen molar-refractivity contribution in [1.29, 1.82) is 0 Å². The maximum absolute atomic E-state index is 13.8. The number of hydrogen-bond acceptors (Lipinski definition) is 6. The molecule has 2 aromatic carbocycles. The molecule has 2 unspecified atom stereocenters. The number of benzene rings is 2. The summed E-state index contributed by atoms with van der Waals surface area (Å²) >= 11 is 0. The molecule has 2 atom stereocenters. The van der Waals surface area contributed by atoms with Gasteiger partial charge in [-0.05, 0) is 94.6 Å². The summed E-state index contributed by atoms with van der Waals surface area (Å²) in [7, 11) is 0. The molecule has 51 heavy (non-hydrogen) atoms. The van der Waals surface area contributed by atoms with E-state index in [1.165, 1.54) is 0 Å². The first-order valence-corrected chi connectivity index (χ1v) is 18.0. The highest BCUT2D eigenvalue weighted by atomic mass is 16.3. The van der Waals surface area contributed by atoms with Crippen molar-refractivity contribution in [1.82, 2.24) is 20.4 Å². The minimum atomic E-state index is -1.25. The molecule has 4 N–H and O–H groups in total. The number of urea groups is 2. The first-order chi connectivity index (χ1) is 23.0. The summed E-state index contributed by atoms with van der Waals surface area (Å²) in [6, 6.07) is 6.53. The lowest BCUT2D eigenvalue weighted by molar-refractivity contribution is -0.136. The van der Waals surface area contributed by atoms with E-state index in [1.54, 1.807) is 13.8 Å². The van der Waals surface area contributed by atoms with Crippen LogP contribution in [-0.4, -0.2) is 61.6 Å². The molecule has 10 nitrogen and oxygen atoms in total. The zero-order valence-corrected chi connectivity index (χ0v) is 33.3. The van der Waals surface area contributed by atoms with Gasteiger partial charge in [-0.3, -0.25) is 9.59 Å². The van der Waals surface area contributed by atoms with E-state index < -0.39 is 41.6 Å². The number of imide groups is 2. The molecule has 0 radical (unpaired) electrons. The van der Waals surface area contributed by atoms with Gasteiger partial charge in [0.25, 0.3) is 11.8 Å². The number of amides is 6. The zero-order chi connectivity index (χ0) is 38.9. The predicted octanol–water partition coefficient (Wildman–Crippen LogP) is 7.43. The minimum Gasteiger partial charge on any atom is -0.507 e. The maximum atomic E-state index is 13.8. The van der Waals surface area contributed by atoms with Crippen LogP contribution in [0.4, 0.5) is 9.59 Å². The summed E-state index contributed by atoms with van der Waals surface area (Å²) in [5, 5.41) is 27.9. The Labute approximate surface area is 304 Å². The monoisotopic (exact) mass is 704 g/mol. The second-order valence-corrected chi connectivity index (χ2v) is 19.2. The highest BCUT2D eigenvalue weighted by Crippen LogP contribution is 2.42. The van der Waals surface area contributed by atoms with Gasteiger partial charge in [-0.25, -0.2) is 19.4 Å². The third kappa shape index (κ3) is 7.90. The number of aromatic hydroxyl groups is 2. The van der Waals surface area contributed by atoms with Gasteiger partial charge in [-0.15, -0.1) is 0 Å². The molecular weight excluding hydrogens is 644 g/mol. The van der Waals surface area contributed by atoms with Crippen LogP contribution < -0.4 is 10.6 Å². The molecule has 2 aliphatic rings. The Morgan fingerprint density at radius 1 is 0.529 bits per heavy atom. The fraction of sp³-hybridized carbons (Fsp3) is 0.610. The van der Waals surface area contributed by atoms with Gasteiger partial charge >= 0.3 is 12.1 Å². The second-order valence-electron chi connectivity index (χ2n) is 19.2. The van der Waals surface area contributed by atoms with Crippen molar-refractivity contribution >= 4 is 23.9 Å². The molecule has 2 fully saturated rings. The Balaban J connectivity index is 1.50. The van der Waals surface area contributed by atoms with Crippen LogP contribution in [0, 0.1) is 0 Å². The number of rotatable bonds is 8. The van der Waals surface area contributed by atoms with Crippen molar-refractivity contribution in [3.63, 3.8) is 0 Å². The number of hydrogen-bond donors (Lipinski definition) is 4. The Bertz CT molecular complexity index is 1560. The molecule has 0 aromatic heterocycles. The quantitative estimate of drug-likeness (QED) is 0.211. The summed E-state index contributed by atoms with van der Waals surface area (Å²) < 4.78 is 0. The van der Waals surface area contributed by atoms with Gasteiger partial charge in [0.05, 0.1) is 0 Å². The summed E-state index contributed by atoms with van der Waals surface area (Å²) in [5.41, 5.74) is 1.36. The number of nitrogens with zero attached hydrogens (tertiary/aromatic N) is 2. The normalized spacial score (nSPS) is 21.8. The van der Waals surface area contributed by atoms with Gasteiger partial charge in [0, 0.05) is 0 Å². The van der Waals surface area contributed by atoms with Crippen LogP contribution >= 0.6 is 0 Å². The van der Waals surface area contributed by atoms with Gasteiger partial charge in [-0.1, -0.05) is 107 Å². The van der Waals surface area contributed by atoms with E-state index in [4.69, 9.17) is 0 Å². The second kappa shape index (κ2) is 12.8. The summed E-state index contributed by atoms with van der Waals surface area (Å²) in [5.74, 6) is -0.481. The molecule has 2 aliphatic heterocycles. The molecule has 10 heteroatoms. The van der Waals surface area contributed by atoms with E-state index in [0.29, 0.717) is 12.8 Å². The van der Waals surface area contributed by atoms with E-state index in [9.17, 15) is 29.4 Å². The van der Waals surface area contributed by atoms with Crippen LogP contribution in [0.5, 0.6) is 11.5 Å². The van der Waals surface area contributed by atoms with Crippen molar-refractivity contribution in [2.45, 2.75) is 155 Å². The van der Waals surface area contributed by atoms with Gasteiger partial charge in [-0.2, -0.15) is 0 Å². The van der Waals surface area contributed by atoms with Crippen molar-refractivity contribution in [3.8, 4) is 11.5 Å². The van der Waals surface area contributed by atoms with Crippen LogP contribution in [0.15, 0.2) is 24.3 Å².